The lowest BCUT2D eigenvalue weighted by Gasteiger charge is -2.21. The van der Waals surface area contributed by atoms with Gasteiger partial charge in [0, 0.05) is 0 Å². The van der Waals surface area contributed by atoms with Gasteiger partial charge in [-0.1, -0.05) is 25.1 Å². The first kappa shape index (κ1) is 14.4. The van der Waals surface area contributed by atoms with Crippen LogP contribution in [0.25, 0.3) is 0 Å². The fourth-order valence-corrected chi connectivity index (χ4v) is 1.57. The van der Waals surface area contributed by atoms with Crippen LogP contribution in [0.1, 0.15) is 20.3 Å². The molecule has 1 N–H and O–H groups in total. The van der Waals surface area contributed by atoms with E-state index in [1.807, 2.05) is 61.5 Å². The number of benzene rings is 2. The summed E-state index contributed by atoms with van der Waals surface area (Å²) in [6, 6.07) is 17.0. The molecule has 20 heavy (non-hydrogen) atoms. The molecule has 0 aliphatic heterocycles. The van der Waals surface area contributed by atoms with Crippen molar-refractivity contribution < 1.29 is 14.6 Å². The molecule has 3 nitrogen and oxygen atoms in total. The zero-order chi connectivity index (χ0) is 14.4. The maximum Gasteiger partial charge on any atom is 0.127 e. The molecule has 0 bridgehead atoms. The number of aliphatic hydroxyl groups is 1. The third-order valence-corrected chi connectivity index (χ3v) is 3.11. The van der Waals surface area contributed by atoms with Gasteiger partial charge in [0.15, 0.2) is 0 Å². The van der Waals surface area contributed by atoms with Crippen molar-refractivity contribution in [1.82, 2.24) is 0 Å². The van der Waals surface area contributed by atoms with Gasteiger partial charge in [0.25, 0.3) is 0 Å². The van der Waals surface area contributed by atoms with E-state index in [-0.39, 0.29) is 6.61 Å². The Labute approximate surface area is 119 Å². The molecule has 106 valence electrons. The third kappa shape index (κ3) is 4.28. The Kier molecular flexibility index (Phi) is 4.64. The molecule has 0 saturated heterocycles. The molecule has 1 atom stereocenters. The van der Waals surface area contributed by atoms with E-state index in [1.165, 1.54) is 0 Å². The second-order valence-electron chi connectivity index (χ2n) is 5.03. The third-order valence-electron chi connectivity index (χ3n) is 3.11. The van der Waals surface area contributed by atoms with Crippen molar-refractivity contribution in [2.75, 3.05) is 6.61 Å². The minimum absolute atomic E-state index is 0.280. The van der Waals surface area contributed by atoms with Crippen molar-refractivity contribution in [2.45, 2.75) is 25.9 Å². The molecule has 1 unspecified atom stereocenters. The van der Waals surface area contributed by atoms with Crippen molar-refractivity contribution >= 4 is 0 Å². The summed E-state index contributed by atoms with van der Waals surface area (Å²) >= 11 is 0. The summed E-state index contributed by atoms with van der Waals surface area (Å²) < 4.78 is 11.3. The number of ether oxygens (including phenoxy) is 2. The molecule has 2 rings (SSSR count). The number of hydrogen-bond acceptors (Lipinski definition) is 3. The Balaban J connectivity index is 1.93. The molecule has 0 radical (unpaired) electrons. The van der Waals surface area contributed by atoms with Gasteiger partial charge in [-0.15, -0.1) is 0 Å². The Hall–Kier alpha value is -2.00. The molecule has 0 spiro atoms. The highest BCUT2D eigenvalue weighted by atomic mass is 16.5. The standard InChI is InChI=1S/C17H20O3/c1-3-17(2,18)13-19-14-9-11-16(12-10-14)20-15-7-5-4-6-8-15/h4-12,18H,3,13H2,1-2H3. The molecule has 0 saturated carbocycles. The minimum Gasteiger partial charge on any atom is -0.491 e. The van der Waals surface area contributed by atoms with Crippen LogP contribution in [0.5, 0.6) is 17.2 Å². The summed E-state index contributed by atoms with van der Waals surface area (Å²) in [6.07, 6.45) is 0.655. The van der Waals surface area contributed by atoms with Crippen LogP contribution in [0.3, 0.4) is 0 Å². The number of para-hydroxylation sites is 1. The van der Waals surface area contributed by atoms with Crippen LogP contribution in [0.15, 0.2) is 54.6 Å². The van der Waals surface area contributed by atoms with Gasteiger partial charge >= 0.3 is 0 Å². The zero-order valence-electron chi connectivity index (χ0n) is 11.9. The molecule has 0 amide bonds. The summed E-state index contributed by atoms with van der Waals surface area (Å²) in [5.74, 6) is 2.28. The molecule has 0 aliphatic carbocycles. The van der Waals surface area contributed by atoms with E-state index in [4.69, 9.17) is 9.47 Å². The van der Waals surface area contributed by atoms with Gasteiger partial charge in [0.2, 0.25) is 0 Å². The fraction of sp³-hybridized carbons (Fsp3) is 0.294. The fourth-order valence-electron chi connectivity index (χ4n) is 1.57. The van der Waals surface area contributed by atoms with E-state index >= 15 is 0 Å². The normalized spacial score (nSPS) is 13.6. The summed E-state index contributed by atoms with van der Waals surface area (Å²) in [4.78, 5) is 0. The summed E-state index contributed by atoms with van der Waals surface area (Å²) in [5, 5.41) is 9.88. The maximum absolute atomic E-state index is 9.88. The average molecular weight is 272 g/mol. The van der Waals surface area contributed by atoms with Crippen LogP contribution in [-0.2, 0) is 0 Å². The first-order valence-electron chi connectivity index (χ1n) is 6.77. The van der Waals surface area contributed by atoms with Gasteiger partial charge in [-0.25, -0.2) is 0 Å². The monoisotopic (exact) mass is 272 g/mol. The molecule has 0 heterocycles. The maximum atomic E-state index is 9.88. The molecular formula is C17H20O3. The van der Waals surface area contributed by atoms with Gasteiger partial charge in [-0.3, -0.25) is 0 Å². The SMILES string of the molecule is CCC(C)(O)COc1ccc(Oc2ccccc2)cc1. The Morgan fingerprint density at radius 2 is 1.45 bits per heavy atom. The Morgan fingerprint density at radius 1 is 0.900 bits per heavy atom. The zero-order valence-corrected chi connectivity index (χ0v) is 11.9. The van der Waals surface area contributed by atoms with E-state index in [0.29, 0.717) is 6.42 Å². The van der Waals surface area contributed by atoms with E-state index < -0.39 is 5.60 Å². The quantitative estimate of drug-likeness (QED) is 0.863. The molecule has 3 heteroatoms. The van der Waals surface area contributed by atoms with Gasteiger partial charge in [0.05, 0.1) is 5.60 Å². The molecular weight excluding hydrogens is 252 g/mol. The molecule has 2 aromatic rings. The van der Waals surface area contributed by atoms with Gasteiger partial charge in [-0.05, 0) is 49.7 Å². The van der Waals surface area contributed by atoms with Crippen molar-refractivity contribution in [2.24, 2.45) is 0 Å². The van der Waals surface area contributed by atoms with Crippen LogP contribution in [0, 0.1) is 0 Å². The Morgan fingerprint density at radius 3 is 2.05 bits per heavy atom. The van der Waals surface area contributed by atoms with Crippen molar-refractivity contribution in [3.05, 3.63) is 54.6 Å². The van der Waals surface area contributed by atoms with Crippen LogP contribution >= 0.6 is 0 Å². The lowest BCUT2D eigenvalue weighted by atomic mass is 10.1. The van der Waals surface area contributed by atoms with Gasteiger partial charge in [-0.2, -0.15) is 0 Å². The largest absolute Gasteiger partial charge is 0.491 e. The molecule has 0 aliphatic rings. The smallest absolute Gasteiger partial charge is 0.127 e. The predicted octanol–water partition coefficient (Wildman–Crippen LogP) is 4.02. The second-order valence-corrected chi connectivity index (χ2v) is 5.03. The summed E-state index contributed by atoms with van der Waals surface area (Å²) in [5.41, 5.74) is -0.792. The van der Waals surface area contributed by atoms with Crippen molar-refractivity contribution in [3.63, 3.8) is 0 Å². The van der Waals surface area contributed by atoms with Crippen LogP contribution < -0.4 is 9.47 Å². The first-order valence-corrected chi connectivity index (χ1v) is 6.77. The van der Waals surface area contributed by atoms with Crippen LogP contribution in [0.2, 0.25) is 0 Å². The predicted molar refractivity (Wildman–Crippen MR) is 79.4 cm³/mol. The van der Waals surface area contributed by atoms with Crippen molar-refractivity contribution in [3.8, 4) is 17.2 Å². The summed E-state index contributed by atoms with van der Waals surface area (Å²) in [6.45, 7) is 3.97. The number of rotatable bonds is 6. The van der Waals surface area contributed by atoms with E-state index in [1.54, 1.807) is 6.92 Å². The van der Waals surface area contributed by atoms with E-state index in [9.17, 15) is 5.11 Å². The minimum atomic E-state index is -0.792. The van der Waals surface area contributed by atoms with Gasteiger partial charge < -0.3 is 14.6 Å². The first-order chi connectivity index (χ1) is 9.59. The average Bonchev–Trinajstić information content (AvgIpc) is 2.48. The van der Waals surface area contributed by atoms with Crippen LogP contribution in [0.4, 0.5) is 0 Å². The molecule has 0 fully saturated rings. The lowest BCUT2D eigenvalue weighted by Crippen LogP contribution is -2.31. The van der Waals surface area contributed by atoms with E-state index in [2.05, 4.69) is 0 Å². The highest BCUT2D eigenvalue weighted by molar-refractivity contribution is 5.35. The van der Waals surface area contributed by atoms with Crippen LogP contribution in [-0.4, -0.2) is 17.3 Å². The Bertz CT molecular complexity index is 518. The number of hydrogen-bond donors (Lipinski definition) is 1. The second kappa shape index (κ2) is 6.44. The topological polar surface area (TPSA) is 38.7 Å². The molecule has 0 aromatic heterocycles. The molecule has 2 aromatic carbocycles. The van der Waals surface area contributed by atoms with Crippen molar-refractivity contribution in [1.29, 1.82) is 0 Å². The van der Waals surface area contributed by atoms with Gasteiger partial charge in [0.1, 0.15) is 23.9 Å². The highest BCUT2D eigenvalue weighted by Crippen LogP contribution is 2.24. The highest BCUT2D eigenvalue weighted by Gasteiger charge is 2.18. The lowest BCUT2D eigenvalue weighted by molar-refractivity contribution is 0.00846. The van der Waals surface area contributed by atoms with E-state index in [0.717, 1.165) is 17.2 Å². The summed E-state index contributed by atoms with van der Waals surface area (Å²) in [7, 11) is 0.